The molecular weight excluding hydrogens is 361 g/mol. The lowest BCUT2D eigenvalue weighted by molar-refractivity contribution is 0.0733. The largest absolute Gasteiger partial charge is 0.488 e. The van der Waals surface area contributed by atoms with Crippen molar-refractivity contribution >= 4 is 17.2 Å². The molecule has 0 saturated heterocycles. The molecule has 1 aromatic heterocycles. The Balaban J connectivity index is 1.47. The molecule has 27 heavy (non-hydrogen) atoms. The first-order chi connectivity index (χ1) is 13.2. The first kappa shape index (κ1) is 16.5. The van der Waals surface area contributed by atoms with Crippen molar-refractivity contribution in [3.05, 3.63) is 76.4 Å². The highest BCUT2D eigenvalue weighted by Gasteiger charge is 2.35. The van der Waals surface area contributed by atoms with Gasteiger partial charge in [-0.15, -0.1) is 11.3 Å². The van der Waals surface area contributed by atoms with Gasteiger partial charge in [-0.05, 0) is 37.1 Å². The van der Waals surface area contributed by atoms with Crippen LogP contribution in [-0.2, 0) is 13.2 Å². The van der Waals surface area contributed by atoms with E-state index in [0.717, 1.165) is 34.6 Å². The molecule has 0 atom stereocenters. The van der Waals surface area contributed by atoms with Crippen LogP contribution in [0.4, 0.5) is 4.39 Å². The van der Waals surface area contributed by atoms with E-state index in [2.05, 4.69) is 0 Å². The summed E-state index contributed by atoms with van der Waals surface area (Å²) in [6, 6.07) is 16.7. The zero-order valence-corrected chi connectivity index (χ0v) is 15.5. The lowest BCUT2D eigenvalue weighted by atomic mass is 10.1. The number of hydrogen-bond acceptors (Lipinski definition) is 3. The smallest absolute Gasteiger partial charge is 0.264 e. The highest BCUT2D eigenvalue weighted by molar-refractivity contribution is 7.17. The average Bonchev–Trinajstić information content (AvgIpc) is 3.44. The topological polar surface area (TPSA) is 29.5 Å². The van der Waals surface area contributed by atoms with E-state index in [-0.39, 0.29) is 17.8 Å². The van der Waals surface area contributed by atoms with Crippen LogP contribution < -0.4 is 4.74 Å². The van der Waals surface area contributed by atoms with Gasteiger partial charge in [0.1, 0.15) is 18.2 Å². The number of halogens is 1. The number of ether oxygens (including phenoxy) is 1. The van der Waals surface area contributed by atoms with Crippen LogP contribution in [-0.4, -0.2) is 16.8 Å². The molecule has 0 bridgehead atoms. The molecule has 1 amide bonds. The Morgan fingerprint density at radius 1 is 1.15 bits per heavy atom. The number of hydrogen-bond donors (Lipinski definition) is 0. The SMILES string of the molecule is O=C(c1cc2c(s1)-c1ccccc1OC2)N(Cc1ccccc1F)C1CC1. The maximum atomic E-state index is 14.1. The number of carbonyl (C=O) groups excluding carboxylic acids is 1. The molecule has 2 aromatic carbocycles. The summed E-state index contributed by atoms with van der Waals surface area (Å²) in [6.07, 6.45) is 1.97. The summed E-state index contributed by atoms with van der Waals surface area (Å²) in [6.45, 7) is 0.790. The van der Waals surface area contributed by atoms with E-state index in [0.29, 0.717) is 23.6 Å². The van der Waals surface area contributed by atoms with E-state index in [9.17, 15) is 9.18 Å². The second kappa shape index (κ2) is 6.50. The fraction of sp³-hybridized carbons (Fsp3) is 0.227. The van der Waals surface area contributed by atoms with Crippen LogP contribution >= 0.6 is 11.3 Å². The van der Waals surface area contributed by atoms with E-state index < -0.39 is 0 Å². The molecule has 0 N–H and O–H groups in total. The number of amides is 1. The molecule has 0 unspecified atom stereocenters. The zero-order valence-electron chi connectivity index (χ0n) is 14.7. The standard InChI is InChI=1S/C22H18FNO2S/c23-18-7-3-1-5-14(18)12-24(16-9-10-16)22(25)20-11-15-13-26-19-8-4-2-6-17(19)21(15)27-20/h1-8,11,16H,9-10,12-13H2. The van der Waals surface area contributed by atoms with Gasteiger partial charge in [0.15, 0.2) is 0 Å². The third-order valence-electron chi connectivity index (χ3n) is 5.08. The van der Waals surface area contributed by atoms with Crippen molar-refractivity contribution in [2.75, 3.05) is 0 Å². The van der Waals surface area contributed by atoms with E-state index in [1.807, 2.05) is 41.3 Å². The number of rotatable bonds is 4. The number of benzene rings is 2. The summed E-state index contributed by atoms with van der Waals surface area (Å²) in [7, 11) is 0. The fourth-order valence-corrected chi connectivity index (χ4v) is 4.66. The fourth-order valence-electron chi connectivity index (χ4n) is 3.51. The van der Waals surface area contributed by atoms with Crippen LogP contribution in [0.3, 0.4) is 0 Å². The average molecular weight is 379 g/mol. The molecular formula is C22H18FNO2S. The molecule has 1 aliphatic carbocycles. The summed E-state index contributed by atoms with van der Waals surface area (Å²) in [5, 5.41) is 0. The first-order valence-electron chi connectivity index (χ1n) is 9.10. The highest BCUT2D eigenvalue weighted by atomic mass is 32.1. The third-order valence-corrected chi connectivity index (χ3v) is 6.28. The van der Waals surface area contributed by atoms with Gasteiger partial charge in [0.05, 0.1) is 4.88 Å². The van der Waals surface area contributed by atoms with Crippen molar-refractivity contribution in [2.24, 2.45) is 0 Å². The second-order valence-electron chi connectivity index (χ2n) is 7.01. The van der Waals surface area contributed by atoms with Gasteiger partial charge in [0, 0.05) is 34.2 Å². The van der Waals surface area contributed by atoms with Crippen molar-refractivity contribution < 1.29 is 13.9 Å². The minimum absolute atomic E-state index is 0.0161. The van der Waals surface area contributed by atoms with Gasteiger partial charge in [-0.1, -0.05) is 30.3 Å². The van der Waals surface area contributed by atoms with Crippen LogP contribution in [0, 0.1) is 5.82 Å². The second-order valence-corrected chi connectivity index (χ2v) is 8.06. The number of carbonyl (C=O) groups is 1. The molecule has 5 heteroatoms. The molecule has 0 radical (unpaired) electrons. The number of thiophene rings is 1. The maximum Gasteiger partial charge on any atom is 0.264 e. The van der Waals surface area contributed by atoms with Gasteiger partial charge < -0.3 is 9.64 Å². The van der Waals surface area contributed by atoms with E-state index in [1.54, 1.807) is 12.1 Å². The zero-order chi connectivity index (χ0) is 18.4. The van der Waals surface area contributed by atoms with Crippen molar-refractivity contribution in [3.8, 4) is 16.2 Å². The van der Waals surface area contributed by atoms with Crippen molar-refractivity contribution in [3.63, 3.8) is 0 Å². The van der Waals surface area contributed by atoms with Crippen molar-refractivity contribution in [1.82, 2.24) is 4.90 Å². The normalized spacial score (nSPS) is 14.9. The van der Waals surface area contributed by atoms with Crippen LogP contribution in [0.1, 0.15) is 33.6 Å². The van der Waals surface area contributed by atoms with E-state index in [1.165, 1.54) is 17.4 Å². The summed E-state index contributed by atoms with van der Waals surface area (Å²) in [5.74, 6) is 0.581. The lowest BCUT2D eigenvalue weighted by Crippen LogP contribution is -2.32. The van der Waals surface area contributed by atoms with Gasteiger partial charge in [0.25, 0.3) is 5.91 Å². The number of fused-ring (bicyclic) bond motifs is 3. The summed E-state index contributed by atoms with van der Waals surface area (Å²) in [4.78, 5) is 16.9. The molecule has 136 valence electrons. The molecule has 5 rings (SSSR count). The third kappa shape index (κ3) is 3.02. The quantitative estimate of drug-likeness (QED) is 0.619. The highest BCUT2D eigenvalue weighted by Crippen LogP contribution is 2.43. The number of para-hydroxylation sites is 1. The minimum atomic E-state index is -0.260. The monoisotopic (exact) mass is 379 g/mol. The Hall–Kier alpha value is -2.66. The predicted octanol–water partition coefficient (Wildman–Crippen LogP) is 5.25. The summed E-state index contributed by atoms with van der Waals surface area (Å²) in [5.41, 5.74) is 2.64. The molecule has 1 saturated carbocycles. The van der Waals surface area contributed by atoms with Crippen LogP contribution in [0.5, 0.6) is 5.75 Å². The molecule has 1 fully saturated rings. The first-order valence-corrected chi connectivity index (χ1v) is 9.91. The molecule has 2 aliphatic rings. The van der Waals surface area contributed by atoms with Gasteiger partial charge in [-0.25, -0.2) is 4.39 Å². The van der Waals surface area contributed by atoms with E-state index in [4.69, 9.17) is 4.74 Å². The van der Waals surface area contributed by atoms with Gasteiger partial charge >= 0.3 is 0 Å². The van der Waals surface area contributed by atoms with Gasteiger partial charge in [-0.2, -0.15) is 0 Å². The van der Waals surface area contributed by atoms with Gasteiger partial charge in [-0.3, -0.25) is 4.79 Å². The van der Waals surface area contributed by atoms with Crippen LogP contribution in [0.2, 0.25) is 0 Å². The maximum absolute atomic E-state index is 14.1. The Morgan fingerprint density at radius 2 is 1.93 bits per heavy atom. The molecule has 3 aromatic rings. The van der Waals surface area contributed by atoms with Crippen LogP contribution in [0.15, 0.2) is 54.6 Å². The molecule has 3 nitrogen and oxygen atoms in total. The van der Waals surface area contributed by atoms with E-state index >= 15 is 0 Å². The molecule has 2 heterocycles. The Morgan fingerprint density at radius 3 is 2.74 bits per heavy atom. The van der Waals surface area contributed by atoms with Crippen LogP contribution in [0.25, 0.3) is 10.4 Å². The minimum Gasteiger partial charge on any atom is -0.488 e. The summed E-state index contributed by atoms with van der Waals surface area (Å²) >= 11 is 1.51. The predicted molar refractivity (Wildman–Crippen MR) is 103 cm³/mol. The lowest BCUT2D eigenvalue weighted by Gasteiger charge is -2.22. The Bertz CT molecular complexity index is 1020. The number of nitrogens with zero attached hydrogens (tertiary/aromatic N) is 1. The molecule has 1 aliphatic heterocycles. The Kier molecular flexibility index (Phi) is 3.97. The molecule has 0 spiro atoms. The Labute approximate surface area is 161 Å². The van der Waals surface area contributed by atoms with Crippen molar-refractivity contribution in [2.45, 2.75) is 32.0 Å². The van der Waals surface area contributed by atoms with Crippen molar-refractivity contribution in [1.29, 1.82) is 0 Å². The van der Waals surface area contributed by atoms with Gasteiger partial charge in [0.2, 0.25) is 0 Å². The summed E-state index contributed by atoms with van der Waals surface area (Å²) < 4.78 is 19.9.